The van der Waals surface area contributed by atoms with Gasteiger partial charge < -0.3 is 9.47 Å². The van der Waals surface area contributed by atoms with Crippen molar-refractivity contribution in [1.29, 1.82) is 0 Å². The summed E-state index contributed by atoms with van der Waals surface area (Å²) in [6.07, 6.45) is 2.05. The summed E-state index contributed by atoms with van der Waals surface area (Å²) in [6.45, 7) is 2.82. The van der Waals surface area contributed by atoms with Gasteiger partial charge >= 0.3 is 0 Å². The zero-order valence-electron chi connectivity index (χ0n) is 7.83. The zero-order valence-corrected chi connectivity index (χ0v) is 7.83. The molecule has 1 saturated heterocycles. The molecule has 1 heterocycles. The number of methoxy groups -OCH3 is 1. The highest BCUT2D eigenvalue weighted by atomic mass is 16.6. The van der Waals surface area contributed by atoms with E-state index in [1.807, 2.05) is 25.1 Å². The maximum atomic E-state index is 5.17. The molecule has 1 aliphatic heterocycles. The quantitative estimate of drug-likeness (QED) is 0.645. The molecule has 1 aromatic rings. The fraction of sp³-hybridized carbons (Fsp3) is 0.273. The lowest BCUT2D eigenvalue weighted by Crippen LogP contribution is -1.86. The van der Waals surface area contributed by atoms with Gasteiger partial charge in [0.05, 0.1) is 7.11 Å². The van der Waals surface area contributed by atoms with E-state index in [4.69, 9.17) is 9.47 Å². The molecule has 0 atom stereocenters. The molecule has 2 rings (SSSR count). The Balaban J connectivity index is 2.29. The van der Waals surface area contributed by atoms with E-state index >= 15 is 0 Å². The molecule has 0 radical (unpaired) electrons. The topological polar surface area (TPSA) is 21.8 Å². The van der Waals surface area contributed by atoms with Gasteiger partial charge in [0, 0.05) is 0 Å². The lowest BCUT2D eigenvalue weighted by atomic mass is 10.1. The van der Waals surface area contributed by atoms with Crippen LogP contribution in [0.4, 0.5) is 0 Å². The number of hydrogen-bond acceptors (Lipinski definition) is 2. The van der Waals surface area contributed by atoms with Crippen LogP contribution in [0.2, 0.25) is 0 Å². The van der Waals surface area contributed by atoms with Crippen LogP contribution in [0.15, 0.2) is 24.0 Å². The second-order valence-corrected chi connectivity index (χ2v) is 3.13. The highest BCUT2D eigenvalue weighted by Crippen LogP contribution is 2.23. The molecule has 0 spiro atoms. The number of epoxide rings is 1. The SMILES string of the molecule is COc1ccc(/C=C2\CO2)cc1C. The molecule has 1 aromatic carbocycles. The minimum absolute atomic E-state index is 0.783. The lowest BCUT2D eigenvalue weighted by molar-refractivity contribution is 0.411. The van der Waals surface area contributed by atoms with Crippen LogP contribution in [-0.2, 0) is 4.74 Å². The molecule has 13 heavy (non-hydrogen) atoms. The molecule has 0 unspecified atom stereocenters. The van der Waals surface area contributed by atoms with E-state index in [1.54, 1.807) is 7.11 Å². The first kappa shape index (κ1) is 8.17. The van der Waals surface area contributed by atoms with Crippen LogP contribution in [0.1, 0.15) is 11.1 Å². The van der Waals surface area contributed by atoms with Crippen molar-refractivity contribution in [3.05, 3.63) is 35.1 Å². The van der Waals surface area contributed by atoms with Gasteiger partial charge in [-0.2, -0.15) is 0 Å². The van der Waals surface area contributed by atoms with Crippen molar-refractivity contribution in [3.8, 4) is 5.75 Å². The van der Waals surface area contributed by atoms with Crippen LogP contribution in [-0.4, -0.2) is 13.7 Å². The Bertz CT molecular complexity index is 347. The average Bonchev–Trinajstić information content (AvgIpc) is 2.89. The molecule has 0 aliphatic carbocycles. The summed E-state index contributed by atoms with van der Waals surface area (Å²) >= 11 is 0. The minimum Gasteiger partial charge on any atom is -0.496 e. The third-order valence-electron chi connectivity index (χ3n) is 2.06. The molecule has 1 fully saturated rings. The van der Waals surface area contributed by atoms with Crippen LogP contribution >= 0.6 is 0 Å². The molecular weight excluding hydrogens is 164 g/mol. The van der Waals surface area contributed by atoms with Gasteiger partial charge in [0.15, 0.2) is 0 Å². The Morgan fingerprint density at radius 3 is 2.77 bits per heavy atom. The highest BCUT2D eigenvalue weighted by molar-refractivity contribution is 5.56. The standard InChI is InChI=1S/C11H12O2/c1-8-5-9(6-10-7-13-10)3-4-11(8)12-2/h3-6H,7H2,1-2H3/b10-6+. The average molecular weight is 176 g/mol. The molecular formula is C11H12O2. The van der Waals surface area contributed by atoms with Crippen molar-refractivity contribution in [2.45, 2.75) is 6.92 Å². The summed E-state index contributed by atoms with van der Waals surface area (Å²) < 4.78 is 10.2. The summed E-state index contributed by atoms with van der Waals surface area (Å²) in [5.74, 6) is 1.99. The molecule has 1 aliphatic rings. The molecule has 0 amide bonds. The second kappa shape index (κ2) is 3.13. The van der Waals surface area contributed by atoms with E-state index in [0.717, 1.165) is 23.7 Å². The van der Waals surface area contributed by atoms with Gasteiger partial charge in [-0.1, -0.05) is 6.07 Å². The van der Waals surface area contributed by atoms with Crippen LogP contribution in [0.5, 0.6) is 5.75 Å². The first-order valence-corrected chi connectivity index (χ1v) is 4.27. The lowest BCUT2D eigenvalue weighted by Gasteiger charge is -2.03. The molecule has 0 saturated carbocycles. The zero-order chi connectivity index (χ0) is 9.26. The van der Waals surface area contributed by atoms with Gasteiger partial charge in [-0.25, -0.2) is 0 Å². The molecule has 2 nitrogen and oxygen atoms in total. The van der Waals surface area contributed by atoms with Crippen LogP contribution in [0.25, 0.3) is 6.08 Å². The van der Waals surface area contributed by atoms with E-state index in [2.05, 4.69) is 6.07 Å². The number of benzene rings is 1. The van der Waals surface area contributed by atoms with Crippen LogP contribution < -0.4 is 4.74 Å². The Labute approximate surface area is 77.8 Å². The summed E-state index contributed by atoms with van der Waals surface area (Å²) in [6, 6.07) is 6.10. The first-order chi connectivity index (χ1) is 6.29. The Hall–Kier alpha value is -1.44. The third-order valence-corrected chi connectivity index (χ3v) is 2.06. The highest BCUT2D eigenvalue weighted by Gasteiger charge is 2.12. The predicted octanol–water partition coefficient (Wildman–Crippen LogP) is 2.37. The maximum absolute atomic E-state index is 5.17. The van der Waals surface area contributed by atoms with Crippen molar-refractivity contribution in [2.75, 3.05) is 13.7 Å². The van der Waals surface area contributed by atoms with Gasteiger partial charge in [-0.3, -0.25) is 0 Å². The van der Waals surface area contributed by atoms with Crippen LogP contribution in [0.3, 0.4) is 0 Å². The first-order valence-electron chi connectivity index (χ1n) is 4.27. The molecule has 68 valence electrons. The van der Waals surface area contributed by atoms with E-state index in [0.29, 0.717) is 0 Å². The summed E-state index contributed by atoms with van der Waals surface area (Å²) in [7, 11) is 1.68. The van der Waals surface area contributed by atoms with Crippen molar-refractivity contribution >= 4 is 6.08 Å². The van der Waals surface area contributed by atoms with Crippen molar-refractivity contribution in [3.63, 3.8) is 0 Å². The summed E-state index contributed by atoms with van der Waals surface area (Å²) in [4.78, 5) is 0. The predicted molar refractivity (Wildman–Crippen MR) is 51.7 cm³/mol. The van der Waals surface area contributed by atoms with Gasteiger partial charge in [0.25, 0.3) is 0 Å². The van der Waals surface area contributed by atoms with Crippen molar-refractivity contribution in [2.24, 2.45) is 0 Å². The van der Waals surface area contributed by atoms with Crippen molar-refractivity contribution < 1.29 is 9.47 Å². The third kappa shape index (κ3) is 1.83. The number of aryl methyl sites for hydroxylation is 1. The normalized spacial score (nSPS) is 16.9. The largest absolute Gasteiger partial charge is 0.496 e. The van der Waals surface area contributed by atoms with Crippen molar-refractivity contribution in [1.82, 2.24) is 0 Å². The van der Waals surface area contributed by atoms with E-state index < -0.39 is 0 Å². The molecule has 0 bridgehead atoms. The van der Waals surface area contributed by atoms with Gasteiger partial charge in [-0.15, -0.1) is 0 Å². The fourth-order valence-corrected chi connectivity index (χ4v) is 1.30. The molecule has 0 N–H and O–H groups in total. The smallest absolute Gasteiger partial charge is 0.145 e. The van der Waals surface area contributed by atoms with E-state index in [1.165, 1.54) is 5.56 Å². The number of ether oxygens (including phenoxy) is 2. The van der Waals surface area contributed by atoms with E-state index in [-0.39, 0.29) is 0 Å². The Morgan fingerprint density at radius 1 is 1.46 bits per heavy atom. The van der Waals surface area contributed by atoms with Gasteiger partial charge in [0.1, 0.15) is 18.1 Å². The minimum atomic E-state index is 0.783. The monoisotopic (exact) mass is 176 g/mol. The Kier molecular flexibility index (Phi) is 1.97. The fourth-order valence-electron chi connectivity index (χ4n) is 1.30. The maximum Gasteiger partial charge on any atom is 0.145 e. The van der Waals surface area contributed by atoms with Gasteiger partial charge in [-0.05, 0) is 36.3 Å². The summed E-state index contributed by atoms with van der Waals surface area (Å²) in [5, 5.41) is 0. The van der Waals surface area contributed by atoms with E-state index in [9.17, 15) is 0 Å². The Morgan fingerprint density at radius 2 is 2.23 bits per heavy atom. The molecule has 0 aromatic heterocycles. The van der Waals surface area contributed by atoms with Gasteiger partial charge in [0.2, 0.25) is 0 Å². The summed E-state index contributed by atoms with van der Waals surface area (Å²) in [5.41, 5.74) is 2.32. The number of rotatable bonds is 2. The number of hydrogen-bond donors (Lipinski definition) is 0. The van der Waals surface area contributed by atoms with Crippen LogP contribution in [0, 0.1) is 6.92 Å². The molecule has 2 heteroatoms. The second-order valence-electron chi connectivity index (χ2n) is 3.13.